The Labute approximate surface area is 84.3 Å². The highest BCUT2D eigenvalue weighted by Crippen LogP contribution is 2.30. The van der Waals surface area contributed by atoms with Gasteiger partial charge in [-0.3, -0.25) is 4.79 Å². The Morgan fingerprint density at radius 1 is 1.69 bits per heavy atom. The molecule has 0 fully saturated rings. The second kappa shape index (κ2) is 3.51. The van der Waals surface area contributed by atoms with Gasteiger partial charge in [0.15, 0.2) is 6.29 Å². The van der Waals surface area contributed by atoms with Gasteiger partial charge in [-0.2, -0.15) is 0 Å². The van der Waals surface area contributed by atoms with Crippen molar-refractivity contribution < 1.29 is 4.79 Å². The molecule has 0 aliphatic carbocycles. The van der Waals surface area contributed by atoms with E-state index in [9.17, 15) is 4.79 Å². The third-order valence-corrected chi connectivity index (χ3v) is 3.59. The van der Waals surface area contributed by atoms with Gasteiger partial charge < -0.3 is 5.32 Å². The molecule has 68 valence electrons. The summed E-state index contributed by atoms with van der Waals surface area (Å²) in [5.74, 6) is 0. The maximum Gasteiger partial charge on any atom is 0.156 e. The van der Waals surface area contributed by atoms with Crippen LogP contribution >= 0.6 is 23.1 Å². The quantitative estimate of drug-likeness (QED) is 0.769. The van der Waals surface area contributed by atoms with Crippen LogP contribution in [-0.2, 0) is 11.2 Å². The molecule has 3 nitrogen and oxygen atoms in total. The molecule has 2 rings (SSSR count). The van der Waals surface area contributed by atoms with Crippen LogP contribution in [0.25, 0.3) is 0 Å². The van der Waals surface area contributed by atoms with Gasteiger partial charge in [0.05, 0.1) is 5.01 Å². The summed E-state index contributed by atoms with van der Waals surface area (Å²) < 4.78 is 0. The fourth-order valence-corrected chi connectivity index (χ4v) is 2.72. The average molecular weight is 212 g/mol. The Bertz CT molecular complexity index is 313. The first kappa shape index (κ1) is 8.77. The summed E-state index contributed by atoms with van der Waals surface area (Å²) in [6.45, 7) is 0. The fourth-order valence-electron chi connectivity index (χ4n) is 1.13. The highest BCUT2D eigenvalue weighted by molar-refractivity contribution is 8.04. The van der Waals surface area contributed by atoms with Gasteiger partial charge in [0.25, 0.3) is 0 Å². The highest BCUT2D eigenvalue weighted by Gasteiger charge is 2.32. The van der Waals surface area contributed by atoms with Gasteiger partial charge in [0.1, 0.15) is 4.87 Å². The molecule has 0 spiro atoms. The van der Waals surface area contributed by atoms with Crippen molar-refractivity contribution >= 4 is 29.4 Å². The molecule has 1 unspecified atom stereocenters. The Hall–Kier alpha value is -0.810. The second-order valence-corrected chi connectivity index (χ2v) is 4.89. The minimum Gasteiger partial charge on any atom is -0.370 e. The van der Waals surface area contributed by atoms with Crippen LogP contribution in [-0.4, -0.2) is 16.1 Å². The molecular weight excluding hydrogens is 204 g/mol. The first-order valence-electron chi connectivity index (χ1n) is 3.80. The van der Waals surface area contributed by atoms with Crippen LogP contribution in [0.4, 0.5) is 0 Å². The Balaban J connectivity index is 2.11. The third-order valence-electron chi connectivity index (χ3n) is 1.76. The first-order valence-corrected chi connectivity index (χ1v) is 5.56. The molecule has 13 heavy (non-hydrogen) atoms. The molecule has 0 saturated heterocycles. The summed E-state index contributed by atoms with van der Waals surface area (Å²) in [6.07, 6.45) is 5.14. The van der Waals surface area contributed by atoms with Crippen LogP contribution in [0, 0.1) is 0 Å². The van der Waals surface area contributed by atoms with Crippen LogP contribution in [0.15, 0.2) is 23.2 Å². The SMILES string of the molecule is O=CC1(Cc2nccs2)NC=CS1. The summed E-state index contributed by atoms with van der Waals surface area (Å²) in [7, 11) is 0. The minimum absolute atomic E-state index is 0.516. The number of thioether (sulfide) groups is 1. The molecular formula is C8H8N2OS2. The molecule has 1 aromatic rings. The van der Waals surface area contributed by atoms with Gasteiger partial charge >= 0.3 is 0 Å². The lowest BCUT2D eigenvalue weighted by Crippen LogP contribution is -2.39. The Kier molecular flexibility index (Phi) is 2.37. The van der Waals surface area contributed by atoms with E-state index in [-0.39, 0.29) is 0 Å². The van der Waals surface area contributed by atoms with Crippen molar-refractivity contribution in [2.45, 2.75) is 11.3 Å². The molecule has 0 bridgehead atoms. The van der Waals surface area contributed by atoms with Crippen LogP contribution in [0.1, 0.15) is 5.01 Å². The van der Waals surface area contributed by atoms with Gasteiger partial charge in [0, 0.05) is 24.2 Å². The molecule has 5 heteroatoms. The monoisotopic (exact) mass is 212 g/mol. The zero-order valence-corrected chi connectivity index (χ0v) is 8.40. The summed E-state index contributed by atoms with van der Waals surface area (Å²) in [5, 5.41) is 7.83. The molecule has 0 aromatic carbocycles. The van der Waals surface area contributed by atoms with E-state index in [1.807, 2.05) is 10.8 Å². The smallest absolute Gasteiger partial charge is 0.156 e. The Morgan fingerprint density at radius 2 is 2.62 bits per heavy atom. The van der Waals surface area contributed by atoms with Crippen LogP contribution in [0.2, 0.25) is 0 Å². The van der Waals surface area contributed by atoms with Gasteiger partial charge in [0.2, 0.25) is 0 Å². The number of aromatic nitrogens is 1. The lowest BCUT2D eigenvalue weighted by atomic mass is 10.2. The van der Waals surface area contributed by atoms with E-state index >= 15 is 0 Å². The van der Waals surface area contributed by atoms with E-state index in [0.29, 0.717) is 6.42 Å². The number of nitrogens with one attached hydrogen (secondary N) is 1. The van der Waals surface area contributed by atoms with E-state index in [4.69, 9.17) is 0 Å². The molecule has 0 amide bonds. The van der Waals surface area contributed by atoms with Crippen molar-refractivity contribution in [1.82, 2.24) is 10.3 Å². The lowest BCUT2D eigenvalue weighted by Gasteiger charge is -2.20. The maximum atomic E-state index is 10.9. The van der Waals surface area contributed by atoms with Crippen LogP contribution < -0.4 is 5.32 Å². The molecule has 2 heterocycles. The number of hydrogen-bond acceptors (Lipinski definition) is 5. The Morgan fingerprint density at radius 3 is 3.15 bits per heavy atom. The van der Waals surface area contributed by atoms with Crippen molar-refractivity contribution in [3.05, 3.63) is 28.2 Å². The lowest BCUT2D eigenvalue weighted by molar-refractivity contribution is -0.110. The van der Waals surface area contributed by atoms with Crippen molar-refractivity contribution in [1.29, 1.82) is 0 Å². The van der Waals surface area contributed by atoms with Crippen molar-refractivity contribution in [2.75, 3.05) is 0 Å². The summed E-state index contributed by atoms with van der Waals surface area (Å²) in [5.41, 5.74) is 0. The molecule has 1 N–H and O–H groups in total. The largest absolute Gasteiger partial charge is 0.370 e. The number of hydrogen-bond donors (Lipinski definition) is 1. The van der Waals surface area contributed by atoms with Crippen molar-refractivity contribution in [3.63, 3.8) is 0 Å². The fraction of sp³-hybridized carbons (Fsp3) is 0.250. The van der Waals surface area contributed by atoms with Gasteiger partial charge in [-0.05, 0) is 5.41 Å². The number of nitrogens with zero attached hydrogens (tertiary/aromatic N) is 1. The molecule has 1 aromatic heterocycles. The molecule has 1 aliphatic rings. The zero-order valence-electron chi connectivity index (χ0n) is 6.77. The van der Waals surface area contributed by atoms with E-state index in [0.717, 1.165) is 11.3 Å². The summed E-state index contributed by atoms with van der Waals surface area (Å²) in [6, 6.07) is 0. The van der Waals surface area contributed by atoms with Gasteiger partial charge in [-0.15, -0.1) is 11.3 Å². The standard InChI is InChI=1S/C8H8N2OS2/c11-6-8(10-2-4-13-8)5-7-9-1-3-12-7/h1-4,6,10H,5H2. The molecule has 0 radical (unpaired) electrons. The highest BCUT2D eigenvalue weighted by atomic mass is 32.2. The van der Waals surface area contributed by atoms with Gasteiger partial charge in [-0.1, -0.05) is 11.8 Å². The van der Waals surface area contributed by atoms with E-state index in [1.165, 1.54) is 11.8 Å². The predicted molar refractivity (Wildman–Crippen MR) is 54.5 cm³/mol. The predicted octanol–water partition coefficient (Wildman–Crippen LogP) is 1.39. The van der Waals surface area contributed by atoms with Crippen molar-refractivity contribution in [2.24, 2.45) is 0 Å². The van der Waals surface area contributed by atoms with Crippen molar-refractivity contribution in [3.8, 4) is 0 Å². The van der Waals surface area contributed by atoms with Crippen LogP contribution in [0.3, 0.4) is 0 Å². The maximum absolute atomic E-state index is 10.9. The van der Waals surface area contributed by atoms with E-state index in [1.54, 1.807) is 23.7 Å². The minimum atomic E-state index is -0.516. The molecule has 0 saturated carbocycles. The summed E-state index contributed by atoms with van der Waals surface area (Å²) >= 11 is 3.07. The zero-order chi connectivity index (χ0) is 9.15. The summed E-state index contributed by atoms with van der Waals surface area (Å²) in [4.78, 5) is 14.5. The number of carbonyl (C=O) groups excluding carboxylic acids is 1. The van der Waals surface area contributed by atoms with E-state index < -0.39 is 4.87 Å². The number of aldehydes is 1. The average Bonchev–Trinajstić information content (AvgIpc) is 2.77. The number of thiazole rings is 1. The third kappa shape index (κ3) is 1.76. The van der Waals surface area contributed by atoms with E-state index in [2.05, 4.69) is 10.3 Å². The topological polar surface area (TPSA) is 42.0 Å². The molecule has 1 atom stereocenters. The number of carbonyl (C=O) groups is 1. The van der Waals surface area contributed by atoms with Crippen LogP contribution in [0.5, 0.6) is 0 Å². The second-order valence-electron chi connectivity index (χ2n) is 2.67. The normalized spacial score (nSPS) is 25.8. The molecule has 1 aliphatic heterocycles. The van der Waals surface area contributed by atoms with Gasteiger partial charge in [-0.25, -0.2) is 4.98 Å². The number of rotatable bonds is 3. The first-order chi connectivity index (χ1) is 6.35.